The monoisotopic (exact) mass is 512 g/mol. The zero-order chi connectivity index (χ0) is 25.9. The predicted molar refractivity (Wildman–Crippen MR) is 128 cm³/mol. The Bertz CT molecular complexity index is 1060. The van der Waals surface area contributed by atoms with Gasteiger partial charge in [-0.15, -0.1) is 0 Å². The molecule has 4 aliphatic rings. The second-order valence-electron chi connectivity index (χ2n) is 10.0. The van der Waals surface area contributed by atoms with E-state index < -0.39 is 48.1 Å². The molecule has 0 bridgehead atoms. The summed E-state index contributed by atoms with van der Waals surface area (Å²) in [5.74, 6) is -2.14. The van der Waals surface area contributed by atoms with Gasteiger partial charge in [-0.3, -0.25) is 29.0 Å². The third-order valence-corrected chi connectivity index (χ3v) is 7.42. The minimum absolute atomic E-state index is 0.0146. The van der Waals surface area contributed by atoms with E-state index in [9.17, 15) is 24.0 Å². The van der Waals surface area contributed by atoms with Gasteiger partial charge >= 0.3 is 5.97 Å². The standard InChI is InChI=1S/C26H32N4O7/c31-21-13-12-18(27-23(33)16-7-2-1-3-8-16)25(35)30-20(11-6-14-29(21)30)24(34)28-19-15-22(32)37-26(19)36-17-9-4-5-10-17/h1-3,7-8,17-20,26H,4-6,9-15H2,(H,27,33)(H,28,34)/t18-,19-,20-,26?/m0/s1. The molecule has 11 heteroatoms. The predicted octanol–water partition coefficient (Wildman–Crippen LogP) is 1.03. The van der Waals surface area contributed by atoms with Gasteiger partial charge in [0.05, 0.1) is 12.5 Å². The summed E-state index contributed by atoms with van der Waals surface area (Å²) < 4.78 is 11.3. The van der Waals surface area contributed by atoms with Gasteiger partial charge in [0.25, 0.3) is 11.8 Å². The van der Waals surface area contributed by atoms with Crippen LogP contribution in [0.4, 0.5) is 0 Å². The molecule has 4 fully saturated rings. The summed E-state index contributed by atoms with van der Waals surface area (Å²) in [4.78, 5) is 64.7. The van der Waals surface area contributed by atoms with Crippen LogP contribution in [0.2, 0.25) is 0 Å². The summed E-state index contributed by atoms with van der Waals surface area (Å²) in [7, 11) is 0. The average Bonchev–Trinajstić information content (AvgIpc) is 3.52. The summed E-state index contributed by atoms with van der Waals surface area (Å²) in [6.45, 7) is 0.312. The molecule has 11 nitrogen and oxygen atoms in total. The lowest BCUT2D eigenvalue weighted by atomic mass is 10.0. The van der Waals surface area contributed by atoms with Crippen molar-refractivity contribution in [2.24, 2.45) is 0 Å². The quantitative estimate of drug-likeness (QED) is 0.544. The lowest BCUT2D eigenvalue weighted by molar-refractivity contribution is -0.180. The summed E-state index contributed by atoms with van der Waals surface area (Å²) in [6, 6.07) is 5.92. The highest BCUT2D eigenvalue weighted by molar-refractivity contribution is 5.99. The van der Waals surface area contributed by atoms with Crippen LogP contribution in [0.25, 0.3) is 0 Å². The molecule has 1 aromatic carbocycles. The van der Waals surface area contributed by atoms with Crippen molar-refractivity contribution < 1.29 is 33.4 Å². The van der Waals surface area contributed by atoms with Crippen molar-refractivity contribution in [3.05, 3.63) is 35.9 Å². The first-order chi connectivity index (χ1) is 17.9. The first kappa shape index (κ1) is 25.2. The number of ether oxygens (including phenoxy) is 2. The molecular formula is C26H32N4O7. The van der Waals surface area contributed by atoms with Crippen LogP contribution < -0.4 is 10.6 Å². The molecule has 1 saturated carbocycles. The fourth-order valence-electron chi connectivity index (χ4n) is 5.51. The molecule has 4 atom stereocenters. The smallest absolute Gasteiger partial charge is 0.310 e. The van der Waals surface area contributed by atoms with Crippen LogP contribution in [0.5, 0.6) is 0 Å². The molecule has 37 heavy (non-hydrogen) atoms. The van der Waals surface area contributed by atoms with Gasteiger partial charge in [0.1, 0.15) is 18.1 Å². The van der Waals surface area contributed by atoms with E-state index in [0.29, 0.717) is 24.9 Å². The van der Waals surface area contributed by atoms with E-state index in [4.69, 9.17) is 9.47 Å². The van der Waals surface area contributed by atoms with Crippen molar-refractivity contribution in [2.75, 3.05) is 6.54 Å². The van der Waals surface area contributed by atoms with Crippen molar-refractivity contribution in [3.63, 3.8) is 0 Å². The summed E-state index contributed by atoms with van der Waals surface area (Å²) in [6.07, 6.45) is 4.03. The molecule has 0 aromatic heterocycles. The van der Waals surface area contributed by atoms with E-state index in [-0.39, 0.29) is 31.3 Å². The number of fused-ring (bicyclic) bond motifs is 1. The topological polar surface area (TPSA) is 134 Å². The molecular weight excluding hydrogens is 480 g/mol. The molecule has 2 N–H and O–H groups in total. The third-order valence-electron chi connectivity index (χ3n) is 7.42. The van der Waals surface area contributed by atoms with Gasteiger partial charge in [-0.1, -0.05) is 31.0 Å². The van der Waals surface area contributed by atoms with Crippen LogP contribution in [0.15, 0.2) is 30.3 Å². The maximum atomic E-state index is 13.6. The highest BCUT2D eigenvalue weighted by Crippen LogP contribution is 2.28. The fourth-order valence-corrected chi connectivity index (χ4v) is 5.51. The molecule has 5 rings (SSSR count). The number of carbonyl (C=O) groups excluding carboxylic acids is 5. The van der Waals surface area contributed by atoms with Crippen LogP contribution >= 0.6 is 0 Å². The maximum absolute atomic E-state index is 13.6. The van der Waals surface area contributed by atoms with E-state index in [1.165, 1.54) is 10.0 Å². The first-order valence-electron chi connectivity index (χ1n) is 13.1. The third kappa shape index (κ3) is 5.46. The molecule has 0 radical (unpaired) electrons. The van der Waals surface area contributed by atoms with Gasteiger partial charge in [-0.25, -0.2) is 5.01 Å². The van der Waals surface area contributed by atoms with E-state index in [1.54, 1.807) is 30.3 Å². The minimum atomic E-state index is -0.956. The van der Waals surface area contributed by atoms with Gasteiger partial charge in [0.2, 0.25) is 18.1 Å². The second kappa shape index (κ2) is 10.9. The Morgan fingerprint density at radius 3 is 2.46 bits per heavy atom. The van der Waals surface area contributed by atoms with Crippen molar-refractivity contribution in [3.8, 4) is 0 Å². The van der Waals surface area contributed by atoms with Gasteiger partial charge in [-0.05, 0) is 44.2 Å². The van der Waals surface area contributed by atoms with Crippen LogP contribution in [0.1, 0.15) is 68.1 Å². The number of hydrogen-bond acceptors (Lipinski definition) is 7. The lowest BCUT2D eigenvalue weighted by Gasteiger charge is -2.43. The maximum Gasteiger partial charge on any atom is 0.310 e. The number of carbonyl (C=O) groups is 5. The first-order valence-corrected chi connectivity index (χ1v) is 13.1. The molecule has 1 unspecified atom stereocenters. The molecule has 1 aromatic rings. The number of nitrogens with one attached hydrogen (secondary N) is 2. The van der Waals surface area contributed by atoms with Gasteiger partial charge in [0.15, 0.2) is 0 Å². The Morgan fingerprint density at radius 2 is 1.70 bits per heavy atom. The minimum Gasteiger partial charge on any atom is -0.433 e. The largest absolute Gasteiger partial charge is 0.433 e. The lowest BCUT2D eigenvalue weighted by Crippen LogP contribution is -2.64. The van der Waals surface area contributed by atoms with Crippen LogP contribution in [-0.4, -0.2) is 76.7 Å². The van der Waals surface area contributed by atoms with Crippen molar-refractivity contribution >= 4 is 29.6 Å². The molecule has 3 saturated heterocycles. The summed E-state index contributed by atoms with van der Waals surface area (Å²) in [5, 5.41) is 8.11. The van der Waals surface area contributed by atoms with Crippen molar-refractivity contribution in [2.45, 2.75) is 88.3 Å². The number of hydrogen-bond donors (Lipinski definition) is 2. The van der Waals surface area contributed by atoms with E-state index in [1.807, 2.05) is 0 Å². The number of rotatable bonds is 6. The van der Waals surface area contributed by atoms with E-state index >= 15 is 0 Å². The highest BCUT2D eigenvalue weighted by atomic mass is 16.7. The molecule has 4 amide bonds. The molecule has 0 spiro atoms. The Balaban J connectivity index is 1.30. The van der Waals surface area contributed by atoms with E-state index in [2.05, 4.69) is 10.6 Å². The SMILES string of the molecule is O=C1C[C@H](NC(=O)[C@@H]2CCCN3C(=O)CC[C@H](NC(=O)c4ccccc4)C(=O)N23)C(OC2CCCC2)O1. The fraction of sp³-hybridized carbons (Fsp3) is 0.577. The molecule has 198 valence electrons. The average molecular weight is 513 g/mol. The van der Waals surface area contributed by atoms with E-state index in [0.717, 1.165) is 25.7 Å². The highest BCUT2D eigenvalue weighted by Gasteiger charge is 2.46. The number of amides is 4. The zero-order valence-corrected chi connectivity index (χ0v) is 20.6. The second-order valence-corrected chi connectivity index (χ2v) is 10.0. The molecule has 3 aliphatic heterocycles. The zero-order valence-electron chi connectivity index (χ0n) is 20.6. The van der Waals surface area contributed by atoms with Crippen LogP contribution in [0, 0.1) is 0 Å². The van der Waals surface area contributed by atoms with Gasteiger partial charge in [0, 0.05) is 18.5 Å². The van der Waals surface area contributed by atoms with Gasteiger partial charge in [-0.2, -0.15) is 0 Å². The van der Waals surface area contributed by atoms with Gasteiger partial charge < -0.3 is 20.1 Å². The number of hydrazine groups is 1. The summed E-state index contributed by atoms with van der Waals surface area (Å²) >= 11 is 0. The van der Waals surface area contributed by atoms with Crippen molar-refractivity contribution in [1.29, 1.82) is 0 Å². The number of esters is 1. The molecule has 1 aliphatic carbocycles. The Kier molecular flexibility index (Phi) is 7.40. The van der Waals surface area contributed by atoms with Crippen LogP contribution in [-0.2, 0) is 28.7 Å². The summed E-state index contributed by atoms with van der Waals surface area (Å²) in [5.41, 5.74) is 0.398. The van der Waals surface area contributed by atoms with Crippen LogP contribution in [0.3, 0.4) is 0 Å². The molecule has 3 heterocycles. The number of nitrogens with zero attached hydrogens (tertiary/aromatic N) is 2. The normalized spacial score (nSPS) is 28.5. The number of benzene rings is 1. The Labute approximate surface area is 214 Å². The Hall–Kier alpha value is -3.47. The Morgan fingerprint density at radius 1 is 0.946 bits per heavy atom. The van der Waals surface area contributed by atoms with Crippen molar-refractivity contribution in [1.82, 2.24) is 20.7 Å². The number of cyclic esters (lactones) is 1.